The van der Waals surface area contributed by atoms with Crippen molar-refractivity contribution in [2.24, 2.45) is 0 Å². The van der Waals surface area contributed by atoms with Crippen LogP contribution in [0.2, 0.25) is 0 Å². The van der Waals surface area contributed by atoms with Gasteiger partial charge in [-0.05, 0) is 67.8 Å². The van der Waals surface area contributed by atoms with Gasteiger partial charge in [0.05, 0.1) is 26.8 Å². The number of hydrogen-bond acceptors (Lipinski definition) is 7. The fourth-order valence-corrected chi connectivity index (χ4v) is 7.07. The summed E-state index contributed by atoms with van der Waals surface area (Å²) in [6.45, 7) is 1.27. The summed E-state index contributed by atoms with van der Waals surface area (Å²) in [4.78, 5) is 9.44. The van der Waals surface area contributed by atoms with E-state index in [0.717, 1.165) is 51.8 Å². The first-order chi connectivity index (χ1) is 17.5. The molecule has 0 spiro atoms. The Morgan fingerprint density at radius 2 is 2.06 bits per heavy atom. The van der Waals surface area contributed by atoms with Crippen molar-refractivity contribution in [3.63, 3.8) is 0 Å². The topological polar surface area (TPSA) is 87.2 Å². The third-order valence-electron chi connectivity index (χ3n) is 6.34. The molecule has 0 saturated carbocycles. The molecule has 2 aliphatic rings. The van der Waals surface area contributed by atoms with E-state index < -0.39 is 15.8 Å². The monoisotopic (exact) mass is 519 g/mol. The lowest BCUT2D eigenvalue weighted by atomic mass is 10.1. The Balaban J connectivity index is 1.26. The average Bonchev–Trinajstić information content (AvgIpc) is 3.62. The minimum Gasteiger partial charge on any atom is -0.339 e. The van der Waals surface area contributed by atoms with Crippen molar-refractivity contribution in [1.29, 1.82) is 0 Å². The highest BCUT2D eigenvalue weighted by atomic mass is 32.2. The SMILES string of the molecule is O=S(=O)(c1ccccc1F)N1CCc2cc(Nc3ncnc4cc(C#C[C@H]5CCCN5)sc34)ccc21. The number of nitrogens with one attached hydrogen (secondary N) is 2. The predicted molar refractivity (Wildman–Crippen MR) is 140 cm³/mol. The van der Waals surface area contributed by atoms with E-state index in [1.165, 1.54) is 28.8 Å². The average molecular weight is 520 g/mol. The van der Waals surface area contributed by atoms with Crippen molar-refractivity contribution in [3.05, 3.63) is 71.1 Å². The van der Waals surface area contributed by atoms with Crippen molar-refractivity contribution in [3.8, 4) is 11.8 Å². The second-order valence-electron chi connectivity index (χ2n) is 8.69. The maximum atomic E-state index is 14.2. The molecule has 4 heterocycles. The maximum Gasteiger partial charge on any atom is 0.267 e. The Morgan fingerprint density at radius 1 is 1.17 bits per heavy atom. The molecule has 4 aromatic rings. The van der Waals surface area contributed by atoms with Crippen molar-refractivity contribution in [2.45, 2.75) is 30.2 Å². The minimum absolute atomic E-state index is 0.243. The molecule has 10 heteroatoms. The molecule has 7 nitrogen and oxygen atoms in total. The zero-order valence-corrected chi connectivity index (χ0v) is 20.8. The molecule has 182 valence electrons. The lowest BCUT2D eigenvalue weighted by molar-refractivity contribution is 0.564. The van der Waals surface area contributed by atoms with Gasteiger partial charge in [-0.2, -0.15) is 0 Å². The van der Waals surface area contributed by atoms with E-state index in [1.54, 1.807) is 17.4 Å². The first kappa shape index (κ1) is 22.9. The highest BCUT2D eigenvalue weighted by molar-refractivity contribution is 7.92. The van der Waals surface area contributed by atoms with Crippen molar-refractivity contribution >= 4 is 48.8 Å². The predicted octanol–water partition coefficient (Wildman–Crippen LogP) is 4.43. The van der Waals surface area contributed by atoms with E-state index in [9.17, 15) is 12.8 Å². The molecule has 0 amide bonds. The quantitative estimate of drug-likeness (QED) is 0.388. The highest BCUT2D eigenvalue weighted by Crippen LogP contribution is 2.37. The first-order valence-electron chi connectivity index (χ1n) is 11.7. The largest absolute Gasteiger partial charge is 0.339 e. The molecule has 0 unspecified atom stereocenters. The fraction of sp³-hybridized carbons (Fsp3) is 0.231. The van der Waals surface area contributed by atoms with Crippen LogP contribution in [0.3, 0.4) is 0 Å². The van der Waals surface area contributed by atoms with Gasteiger partial charge in [0.15, 0.2) is 5.82 Å². The van der Waals surface area contributed by atoms with E-state index in [0.29, 0.717) is 17.9 Å². The van der Waals surface area contributed by atoms with Crippen LogP contribution >= 0.6 is 11.3 Å². The summed E-state index contributed by atoms with van der Waals surface area (Å²) >= 11 is 1.54. The number of thiophene rings is 1. The molecule has 36 heavy (non-hydrogen) atoms. The zero-order chi connectivity index (χ0) is 24.7. The van der Waals surface area contributed by atoms with Gasteiger partial charge in [-0.25, -0.2) is 22.8 Å². The Morgan fingerprint density at radius 3 is 2.89 bits per heavy atom. The third kappa shape index (κ3) is 4.19. The van der Waals surface area contributed by atoms with Gasteiger partial charge in [0, 0.05) is 12.2 Å². The molecule has 2 N–H and O–H groups in total. The number of benzene rings is 2. The number of aromatic nitrogens is 2. The van der Waals surface area contributed by atoms with Crippen molar-refractivity contribution < 1.29 is 12.8 Å². The summed E-state index contributed by atoms with van der Waals surface area (Å²) < 4.78 is 42.7. The van der Waals surface area contributed by atoms with Crippen LogP contribution in [-0.4, -0.2) is 37.5 Å². The molecule has 0 radical (unpaired) electrons. The first-order valence-corrected chi connectivity index (χ1v) is 13.9. The van der Waals surface area contributed by atoms with Crippen LogP contribution in [0.1, 0.15) is 23.3 Å². The van der Waals surface area contributed by atoms with Crippen LogP contribution in [0.15, 0.2) is 59.8 Å². The number of hydrogen-bond donors (Lipinski definition) is 2. The lowest BCUT2D eigenvalue weighted by Gasteiger charge is -2.20. The number of halogens is 1. The van der Waals surface area contributed by atoms with E-state index in [1.807, 2.05) is 18.2 Å². The van der Waals surface area contributed by atoms with Crippen LogP contribution in [0.25, 0.3) is 10.2 Å². The van der Waals surface area contributed by atoms with Crippen LogP contribution in [0.4, 0.5) is 21.6 Å². The van der Waals surface area contributed by atoms with Crippen LogP contribution in [0.5, 0.6) is 0 Å². The second kappa shape index (κ2) is 9.17. The van der Waals surface area contributed by atoms with Gasteiger partial charge < -0.3 is 10.6 Å². The Hall–Kier alpha value is -3.52. The fourth-order valence-electron chi connectivity index (χ4n) is 4.58. The molecule has 2 aromatic carbocycles. The molecule has 2 aliphatic heterocycles. The summed E-state index contributed by atoms with van der Waals surface area (Å²) in [5.74, 6) is 6.47. The number of rotatable bonds is 4. The van der Waals surface area contributed by atoms with Crippen molar-refractivity contribution in [2.75, 3.05) is 22.7 Å². The van der Waals surface area contributed by atoms with Gasteiger partial charge in [-0.3, -0.25) is 4.31 Å². The van der Waals surface area contributed by atoms with Crippen LogP contribution < -0.4 is 14.9 Å². The molecule has 1 atom stereocenters. The Labute approximate surface area is 212 Å². The van der Waals surface area contributed by atoms with Gasteiger partial charge in [0.2, 0.25) is 0 Å². The number of fused-ring (bicyclic) bond motifs is 2. The summed E-state index contributed by atoms with van der Waals surface area (Å²) in [6.07, 6.45) is 4.27. The van der Waals surface area contributed by atoms with Gasteiger partial charge in [-0.15, -0.1) is 11.3 Å². The summed E-state index contributed by atoms with van der Waals surface area (Å²) in [5.41, 5.74) is 3.04. The standard InChI is InChI=1S/C26H22FN5O2S2/c27-21-5-1-2-6-24(21)36(33,34)32-13-11-17-14-19(8-10-23(17)32)31-26-25-22(29-16-30-26)15-20(35-25)9-7-18-4-3-12-28-18/h1-2,5-6,8,10,14-16,18,28H,3-4,11-13H2,(H,29,30,31)/t18-/m1/s1. The summed E-state index contributed by atoms with van der Waals surface area (Å²) in [7, 11) is -3.99. The van der Waals surface area contributed by atoms with Gasteiger partial charge >= 0.3 is 0 Å². The lowest BCUT2D eigenvalue weighted by Crippen LogP contribution is -2.29. The maximum absolute atomic E-state index is 14.2. The van der Waals surface area contributed by atoms with E-state index >= 15 is 0 Å². The van der Waals surface area contributed by atoms with Crippen molar-refractivity contribution in [1.82, 2.24) is 15.3 Å². The van der Waals surface area contributed by atoms with E-state index in [4.69, 9.17) is 0 Å². The molecule has 1 fully saturated rings. The number of nitrogens with zero attached hydrogens (tertiary/aromatic N) is 3. The third-order valence-corrected chi connectivity index (χ3v) is 9.23. The van der Waals surface area contributed by atoms with Gasteiger partial charge in [0.1, 0.15) is 17.0 Å². The van der Waals surface area contributed by atoms with E-state index in [2.05, 4.69) is 32.4 Å². The highest BCUT2D eigenvalue weighted by Gasteiger charge is 2.32. The minimum atomic E-state index is -3.99. The molecular weight excluding hydrogens is 497 g/mol. The summed E-state index contributed by atoms with van der Waals surface area (Å²) in [5, 5.41) is 6.73. The molecule has 1 saturated heterocycles. The van der Waals surface area contributed by atoms with Crippen LogP contribution in [-0.2, 0) is 16.4 Å². The normalized spacial score (nSPS) is 17.1. The van der Waals surface area contributed by atoms with Gasteiger partial charge in [-0.1, -0.05) is 24.0 Å². The summed E-state index contributed by atoms with van der Waals surface area (Å²) in [6, 6.07) is 13.1. The Bertz CT molecular complexity index is 1640. The van der Waals surface area contributed by atoms with Gasteiger partial charge in [0.25, 0.3) is 10.0 Å². The molecule has 2 aromatic heterocycles. The van der Waals surface area contributed by atoms with Crippen LogP contribution in [0, 0.1) is 17.7 Å². The Kier molecular flexibility index (Phi) is 5.84. The zero-order valence-electron chi connectivity index (χ0n) is 19.2. The number of sulfonamides is 1. The molecule has 0 bridgehead atoms. The molecule has 0 aliphatic carbocycles. The molecular formula is C26H22FN5O2S2. The van der Waals surface area contributed by atoms with E-state index in [-0.39, 0.29) is 17.5 Å². The smallest absolute Gasteiger partial charge is 0.267 e. The second-order valence-corrected chi connectivity index (χ2v) is 11.6. The number of anilines is 3. The molecule has 6 rings (SSSR count).